The number of pyridine rings is 1. The van der Waals surface area contributed by atoms with Crippen LogP contribution >= 0.6 is 0 Å². The molecule has 3 heteroatoms. The van der Waals surface area contributed by atoms with Crippen LogP contribution in [0.15, 0.2) is 18.5 Å². The van der Waals surface area contributed by atoms with Crippen molar-refractivity contribution in [2.45, 2.75) is 20.3 Å². The van der Waals surface area contributed by atoms with Gasteiger partial charge in [-0.05, 0) is 24.3 Å². The largest absolute Gasteiger partial charge is 0.397 e. The minimum Gasteiger partial charge on any atom is -0.397 e. The van der Waals surface area contributed by atoms with Gasteiger partial charge in [0.2, 0.25) is 0 Å². The van der Waals surface area contributed by atoms with Gasteiger partial charge in [0, 0.05) is 19.3 Å². The molecule has 2 N–H and O–H groups in total. The lowest BCUT2D eigenvalue weighted by atomic mass is 9.91. The topological polar surface area (TPSA) is 42.2 Å². The van der Waals surface area contributed by atoms with Crippen molar-refractivity contribution in [3.8, 4) is 0 Å². The quantitative estimate of drug-likeness (QED) is 0.763. The van der Waals surface area contributed by atoms with Crippen molar-refractivity contribution < 1.29 is 0 Å². The molecule has 0 amide bonds. The van der Waals surface area contributed by atoms with Crippen LogP contribution in [-0.2, 0) is 0 Å². The molecule has 3 nitrogen and oxygen atoms in total. The van der Waals surface area contributed by atoms with Crippen molar-refractivity contribution in [3.63, 3.8) is 0 Å². The van der Waals surface area contributed by atoms with Gasteiger partial charge in [-0.2, -0.15) is 0 Å². The first-order valence-electron chi connectivity index (χ1n) is 5.60. The summed E-state index contributed by atoms with van der Waals surface area (Å²) >= 11 is 0. The lowest BCUT2D eigenvalue weighted by Gasteiger charge is -2.36. The Bertz CT molecular complexity index is 327. The van der Waals surface area contributed by atoms with Crippen molar-refractivity contribution in [2.75, 3.05) is 23.7 Å². The minimum absolute atomic E-state index is 0.748. The highest BCUT2D eigenvalue weighted by Crippen LogP contribution is 2.26. The molecule has 1 aliphatic heterocycles. The van der Waals surface area contributed by atoms with E-state index in [-0.39, 0.29) is 0 Å². The number of hydrogen-bond donors (Lipinski definition) is 1. The van der Waals surface area contributed by atoms with Crippen LogP contribution < -0.4 is 10.6 Å². The highest BCUT2D eigenvalue weighted by molar-refractivity contribution is 5.53. The second kappa shape index (κ2) is 4.09. The first-order chi connectivity index (χ1) is 7.15. The molecule has 0 aliphatic carbocycles. The molecular formula is C12H19N3. The van der Waals surface area contributed by atoms with Crippen LogP contribution in [0.3, 0.4) is 0 Å². The van der Waals surface area contributed by atoms with E-state index in [0.717, 1.165) is 36.3 Å². The Morgan fingerprint density at radius 2 is 1.93 bits per heavy atom. The number of anilines is 2. The van der Waals surface area contributed by atoms with Crippen molar-refractivity contribution in [2.24, 2.45) is 11.8 Å². The third-order valence-electron chi connectivity index (χ3n) is 2.98. The number of rotatable bonds is 1. The number of aromatic nitrogens is 1. The maximum atomic E-state index is 5.75. The van der Waals surface area contributed by atoms with Crippen molar-refractivity contribution in [1.82, 2.24) is 4.98 Å². The zero-order valence-electron chi connectivity index (χ0n) is 9.48. The number of hydrogen-bond acceptors (Lipinski definition) is 3. The van der Waals surface area contributed by atoms with Crippen LogP contribution in [-0.4, -0.2) is 18.1 Å². The molecule has 0 aromatic carbocycles. The molecule has 1 aliphatic rings. The van der Waals surface area contributed by atoms with Gasteiger partial charge in [-0.1, -0.05) is 13.8 Å². The van der Waals surface area contributed by atoms with E-state index in [9.17, 15) is 0 Å². The number of nitrogens with two attached hydrogens (primary N) is 1. The maximum Gasteiger partial charge on any atom is 0.0573 e. The van der Waals surface area contributed by atoms with Gasteiger partial charge in [0.1, 0.15) is 0 Å². The molecule has 1 saturated heterocycles. The van der Waals surface area contributed by atoms with Gasteiger partial charge < -0.3 is 10.6 Å². The van der Waals surface area contributed by atoms with E-state index in [0.29, 0.717) is 0 Å². The van der Waals surface area contributed by atoms with Gasteiger partial charge in [0.05, 0.1) is 17.6 Å². The van der Waals surface area contributed by atoms with Gasteiger partial charge >= 0.3 is 0 Å². The van der Waals surface area contributed by atoms with Crippen LogP contribution in [0.4, 0.5) is 11.4 Å². The van der Waals surface area contributed by atoms with Crippen LogP contribution in [0.5, 0.6) is 0 Å². The molecule has 82 valence electrons. The molecule has 1 aromatic rings. The third kappa shape index (κ3) is 2.41. The van der Waals surface area contributed by atoms with Gasteiger partial charge in [0.25, 0.3) is 0 Å². The Morgan fingerprint density at radius 1 is 1.27 bits per heavy atom. The van der Waals surface area contributed by atoms with Crippen LogP contribution in [0.1, 0.15) is 20.3 Å². The molecule has 1 fully saturated rings. The van der Waals surface area contributed by atoms with Gasteiger partial charge in [-0.15, -0.1) is 0 Å². The molecule has 2 atom stereocenters. The van der Waals surface area contributed by atoms with E-state index in [1.807, 2.05) is 12.3 Å². The first-order valence-corrected chi connectivity index (χ1v) is 5.60. The molecule has 0 radical (unpaired) electrons. The Labute approximate surface area is 91.3 Å². The summed E-state index contributed by atoms with van der Waals surface area (Å²) in [6, 6.07) is 2.01. The van der Waals surface area contributed by atoms with E-state index < -0.39 is 0 Å². The molecule has 0 bridgehead atoms. The normalized spacial score (nSPS) is 26.7. The SMILES string of the molecule is CC1CC(C)CN(c2cncc(N)c2)C1. The van der Waals surface area contributed by atoms with Gasteiger partial charge in [-0.25, -0.2) is 0 Å². The van der Waals surface area contributed by atoms with E-state index >= 15 is 0 Å². The zero-order valence-corrected chi connectivity index (χ0v) is 9.48. The molecule has 0 saturated carbocycles. The predicted octanol–water partition coefficient (Wildman–Crippen LogP) is 2.15. The molecule has 2 heterocycles. The highest BCUT2D eigenvalue weighted by Gasteiger charge is 2.21. The summed E-state index contributed by atoms with van der Waals surface area (Å²) in [6.45, 7) is 6.86. The second-order valence-electron chi connectivity index (χ2n) is 4.83. The Balaban J connectivity index is 2.16. The zero-order chi connectivity index (χ0) is 10.8. The number of nitrogens with zero attached hydrogens (tertiary/aromatic N) is 2. The lowest BCUT2D eigenvalue weighted by Crippen LogP contribution is -2.38. The molecule has 2 rings (SSSR count). The lowest BCUT2D eigenvalue weighted by molar-refractivity contribution is 0.357. The standard InChI is InChI=1S/C12H19N3/c1-9-3-10(2)8-15(7-9)12-4-11(13)5-14-6-12/h4-6,9-10H,3,7-8,13H2,1-2H3. The second-order valence-corrected chi connectivity index (χ2v) is 4.83. The third-order valence-corrected chi connectivity index (χ3v) is 2.98. The molecule has 2 unspecified atom stereocenters. The molecule has 1 aromatic heterocycles. The average Bonchev–Trinajstić information content (AvgIpc) is 2.16. The monoisotopic (exact) mass is 205 g/mol. The minimum atomic E-state index is 0.748. The average molecular weight is 205 g/mol. The summed E-state index contributed by atoms with van der Waals surface area (Å²) in [5.41, 5.74) is 7.65. The Kier molecular flexibility index (Phi) is 2.80. The predicted molar refractivity (Wildman–Crippen MR) is 63.8 cm³/mol. The summed E-state index contributed by atoms with van der Waals surface area (Å²) in [4.78, 5) is 6.53. The maximum absolute atomic E-state index is 5.75. The summed E-state index contributed by atoms with van der Waals surface area (Å²) in [6.07, 6.45) is 4.92. The van der Waals surface area contributed by atoms with Crippen LogP contribution in [0.25, 0.3) is 0 Å². The number of piperidine rings is 1. The van der Waals surface area contributed by atoms with Gasteiger partial charge in [0.15, 0.2) is 0 Å². The number of nitrogen functional groups attached to an aromatic ring is 1. The van der Waals surface area contributed by atoms with Crippen molar-refractivity contribution in [1.29, 1.82) is 0 Å². The van der Waals surface area contributed by atoms with E-state index in [2.05, 4.69) is 23.7 Å². The summed E-state index contributed by atoms with van der Waals surface area (Å²) in [5, 5.41) is 0. The van der Waals surface area contributed by atoms with Crippen molar-refractivity contribution >= 4 is 11.4 Å². The smallest absolute Gasteiger partial charge is 0.0573 e. The fourth-order valence-electron chi connectivity index (χ4n) is 2.49. The van der Waals surface area contributed by atoms with E-state index in [1.54, 1.807) is 6.20 Å². The van der Waals surface area contributed by atoms with Gasteiger partial charge in [-0.3, -0.25) is 4.98 Å². The summed E-state index contributed by atoms with van der Waals surface area (Å²) in [7, 11) is 0. The van der Waals surface area contributed by atoms with E-state index in [4.69, 9.17) is 5.73 Å². The van der Waals surface area contributed by atoms with E-state index in [1.165, 1.54) is 6.42 Å². The molecule has 0 spiro atoms. The first kappa shape index (κ1) is 10.3. The Hall–Kier alpha value is -1.25. The fraction of sp³-hybridized carbons (Fsp3) is 0.583. The van der Waals surface area contributed by atoms with Crippen LogP contribution in [0, 0.1) is 11.8 Å². The summed E-state index contributed by atoms with van der Waals surface area (Å²) in [5.74, 6) is 1.52. The molecular weight excluding hydrogens is 186 g/mol. The van der Waals surface area contributed by atoms with Crippen LogP contribution in [0.2, 0.25) is 0 Å². The highest BCUT2D eigenvalue weighted by atomic mass is 15.1. The summed E-state index contributed by atoms with van der Waals surface area (Å²) < 4.78 is 0. The Morgan fingerprint density at radius 3 is 2.53 bits per heavy atom. The molecule has 15 heavy (non-hydrogen) atoms. The van der Waals surface area contributed by atoms with Crippen molar-refractivity contribution in [3.05, 3.63) is 18.5 Å². The fourth-order valence-corrected chi connectivity index (χ4v) is 2.49.